The van der Waals surface area contributed by atoms with E-state index in [9.17, 15) is 0 Å². The molecule has 0 bridgehead atoms. The summed E-state index contributed by atoms with van der Waals surface area (Å²) in [5, 5.41) is 3.97. The second-order valence-corrected chi connectivity index (χ2v) is 6.32. The summed E-state index contributed by atoms with van der Waals surface area (Å²) in [6.07, 6.45) is 8.23. The molecule has 0 amide bonds. The van der Waals surface area contributed by atoms with E-state index in [0.29, 0.717) is 24.4 Å². The smallest absolute Gasteiger partial charge is 0.223 e. The van der Waals surface area contributed by atoms with Gasteiger partial charge in [-0.25, -0.2) is 0 Å². The molecule has 1 aromatic rings. The van der Waals surface area contributed by atoms with E-state index in [1.165, 1.54) is 38.5 Å². The highest BCUT2D eigenvalue weighted by molar-refractivity contribution is 4.92. The van der Waals surface area contributed by atoms with E-state index in [0.717, 1.165) is 26.2 Å². The number of ether oxygens (including phenoxy) is 2. The molecule has 2 aliphatic rings. The van der Waals surface area contributed by atoms with Gasteiger partial charge in [0.25, 0.3) is 0 Å². The van der Waals surface area contributed by atoms with Gasteiger partial charge in [0.1, 0.15) is 6.10 Å². The van der Waals surface area contributed by atoms with Crippen molar-refractivity contribution < 1.29 is 14.0 Å². The third-order valence-electron chi connectivity index (χ3n) is 4.55. The van der Waals surface area contributed by atoms with Crippen LogP contribution in [0.1, 0.15) is 56.3 Å². The Morgan fingerprint density at radius 2 is 2.05 bits per heavy atom. The zero-order chi connectivity index (χ0) is 15.2. The lowest BCUT2D eigenvalue weighted by molar-refractivity contribution is -0.0487. The number of morpholine rings is 1. The largest absolute Gasteiger partial charge is 0.377 e. The van der Waals surface area contributed by atoms with E-state index >= 15 is 0 Å². The SMILES string of the molecule is Cc1nc(C2CN(CCOC3CCCCCC3)CCO2)no1. The molecule has 6 heteroatoms. The van der Waals surface area contributed by atoms with E-state index in [4.69, 9.17) is 14.0 Å². The van der Waals surface area contributed by atoms with Crippen molar-refractivity contribution in [1.82, 2.24) is 15.0 Å². The molecule has 1 atom stereocenters. The van der Waals surface area contributed by atoms with Gasteiger partial charge in [0.2, 0.25) is 11.7 Å². The second kappa shape index (κ2) is 8.04. The molecule has 0 aromatic carbocycles. The van der Waals surface area contributed by atoms with Crippen LogP contribution in [0.4, 0.5) is 0 Å². The van der Waals surface area contributed by atoms with Crippen molar-refractivity contribution >= 4 is 0 Å². The van der Waals surface area contributed by atoms with Crippen LogP contribution in [0.2, 0.25) is 0 Å². The molecule has 1 saturated carbocycles. The minimum atomic E-state index is -0.0796. The van der Waals surface area contributed by atoms with Gasteiger partial charge in [-0.05, 0) is 12.8 Å². The molecule has 1 saturated heterocycles. The standard InChI is InChI=1S/C16H27N3O3/c1-13-17-16(18-22-13)15-12-19(9-11-21-15)8-10-20-14-6-4-2-3-5-7-14/h14-15H,2-12H2,1H3. The first-order chi connectivity index (χ1) is 10.8. The fourth-order valence-corrected chi connectivity index (χ4v) is 3.26. The predicted molar refractivity (Wildman–Crippen MR) is 81.6 cm³/mol. The highest BCUT2D eigenvalue weighted by atomic mass is 16.5. The summed E-state index contributed by atoms with van der Waals surface area (Å²) in [6, 6.07) is 0. The number of aromatic nitrogens is 2. The Kier molecular flexibility index (Phi) is 5.81. The van der Waals surface area contributed by atoms with Crippen LogP contribution in [0.15, 0.2) is 4.52 Å². The summed E-state index contributed by atoms with van der Waals surface area (Å²) in [5.41, 5.74) is 0. The Morgan fingerprint density at radius 3 is 2.77 bits per heavy atom. The summed E-state index contributed by atoms with van der Waals surface area (Å²) in [4.78, 5) is 6.64. The molecule has 2 heterocycles. The first-order valence-corrected chi connectivity index (χ1v) is 8.57. The molecule has 124 valence electrons. The molecule has 1 aromatic heterocycles. The molecule has 3 rings (SSSR count). The maximum atomic E-state index is 6.08. The van der Waals surface area contributed by atoms with Gasteiger partial charge in [-0.1, -0.05) is 30.8 Å². The summed E-state index contributed by atoms with van der Waals surface area (Å²) < 4.78 is 16.9. The van der Waals surface area contributed by atoms with E-state index < -0.39 is 0 Å². The molecular weight excluding hydrogens is 282 g/mol. The minimum absolute atomic E-state index is 0.0796. The molecule has 0 radical (unpaired) electrons. The summed E-state index contributed by atoms with van der Waals surface area (Å²) in [6.45, 7) is 6.03. The highest BCUT2D eigenvalue weighted by Crippen LogP contribution is 2.21. The Morgan fingerprint density at radius 1 is 1.23 bits per heavy atom. The van der Waals surface area contributed by atoms with E-state index in [1.807, 2.05) is 0 Å². The minimum Gasteiger partial charge on any atom is -0.377 e. The predicted octanol–water partition coefficient (Wildman–Crippen LogP) is 2.49. The van der Waals surface area contributed by atoms with Gasteiger partial charge in [0.05, 0.1) is 19.3 Å². The van der Waals surface area contributed by atoms with Crippen LogP contribution in [0.3, 0.4) is 0 Å². The Labute approximate surface area is 132 Å². The lowest BCUT2D eigenvalue weighted by Gasteiger charge is -2.31. The lowest BCUT2D eigenvalue weighted by atomic mass is 10.1. The zero-order valence-corrected chi connectivity index (χ0v) is 13.5. The van der Waals surface area contributed by atoms with Gasteiger partial charge < -0.3 is 14.0 Å². The average molecular weight is 309 g/mol. The average Bonchev–Trinajstić information content (AvgIpc) is 2.81. The summed E-state index contributed by atoms with van der Waals surface area (Å²) in [5.74, 6) is 1.25. The maximum Gasteiger partial charge on any atom is 0.223 e. The molecule has 0 N–H and O–H groups in total. The molecule has 6 nitrogen and oxygen atoms in total. The number of hydrogen-bond acceptors (Lipinski definition) is 6. The Bertz CT molecular complexity index is 444. The third kappa shape index (κ3) is 4.51. The lowest BCUT2D eigenvalue weighted by Crippen LogP contribution is -2.40. The van der Waals surface area contributed by atoms with Crippen LogP contribution in [0, 0.1) is 6.92 Å². The quantitative estimate of drug-likeness (QED) is 0.779. The monoisotopic (exact) mass is 309 g/mol. The molecular formula is C16H27N3O3. The van der Waals surface area contributed by atoms with Crippen molar-refractivity contribution in [3.05, 3.63) is 11.7 Å². The second-order valence-electron chi connectivity index (χ2n) is 6.32. The van der Waals surface area contributed by atoms with Gasteiger partial charge in [0.15, 0.2) is 0 Å². The van der Waals surface area contributed by atoms with Crippen LogP contribution in [-0.4, -0.2) is 54.0 Å². The summed E-state index contributed by atoms with van der Waals surface area (Å²) in [7, 11) is 0. The van der Waals surface area contributed by atoms with E-state index in [1.54, 1.807) is 6.92 Å². The maximum absolute atomic E-state index is 6.08. The van der Waals surface area contributed by atoms with Crippen molar-refractivity contribution in [2.45, 2.75) is 57.7 Å². The van der Waals surface area contributed by atoms with Crippen molar-refractivity contribution in [2.75, 3.05) is 32.8 Å². The Hall–Kier alpha value is -0.980. The van der Waals surface area contributed by atoms with Gasteiger partial charge in [0, 0.05) is 26.6 Å². The van der Waals surface area contributed by atoms with Crippen molar-refractivity contribution in [1.29, 1.82) is 0 Å². The van der Waals surface area contributed by atoms with E-state index in [-0.39, 0.29) is 6.10 Å². The summed E-state index contributed by atoms with van der Waals surface area (Å²) >= 11 is 0. The van der Waals surface area contributed by atoms with Crippen molar-refractivity contribution in [3.8, 4) is 0 Å². The van der Waals surface area contributed by atoms with Gasteiger partial charge in [-0.15, -0.1) is 0 Å². The molecule has 22 heavy (non-hydrogen) atoms. The fourth-order valence-electron chi connectivity index (χ4n) is 3.26. The van der Waals surface area contributed by atoms with Crippen LogP contribution in [0.5, 0.6) is 0 Å². The topological polar surface area (TPSA) is 60.6 Å². The normalized spacial score (nSPS) is 25.2. The zero-order valence-electron chi connectivity index (χ0n) is 13.5. The van der Waals surface area contributed by atoms with Crippen LogP contribution >= 0.6 is 0 Å². The molecule has 2 fully saturated rings. The van der Waals surface area contributed by atoms with Gasteiger partial charge >= 0.3 is 0 Å². The number of nitrogens with zero attached hydrogens (tertiary/aromatic N) is 3. The van der Waals surface area contributed by atoms with Crippen molar-refractivity contribution in [3.63, 3.8) is 0 Å². The van der Waals surface area contributed by atoms with Crippen LogP contribution < -0.4 is 0 Å². The number of rotatable bonds is 5. The number of aryl methyl sites for hydroxylation is 1. The first kappa shape index (κ1) is 15.9. The first-order valence-electron chi connectivity index (χ1n) is 8.57. The third-order valence-corrected chi connectivity index (χ3v) is 4.55. The van der Waals surface area contributed by atoms with Crippen LogP contribution in [0.25, 0.3) is 0 Å². The number of hydrogen-bond donors (Lipinski definition) is 0. The van der Waals surface area contributed by atoms with Crippen LogP contribution in [-0.2, 0) is 9.47 Å². The molecule has 0 spiro atoms. The molecule has 1 unspecified atom stereocenters. The highest BCUT2D eigenvalue weighted by Gasteiger charge is 2.25. The Balaban J connectivity index is 1.40. The van der Waals surface area contributed by atoms with Crippen molar-refractivity contribution in [2.24, 2.45) is 0 Å². The fraction of sp³-hybridized carbons (Fsp3) is 0.875. The molecule has 1 aliphatic carbocycles. The molecule has 1 aliphatic heterocycles. The van der Waals surface area contributed by atoms with Gasteiger partial charge in [-0.3, -0.25) is 4.90 Å². The van der Waals surface area contributed by atoms with Gasteiger partial charge in [-0.2, -0.15) is 4.98 Å². The van der Waals surface area contributed by atoms with E-state index in [2.05, 4.69) is 15.0 Å².